The van der Waals surface area contributed by atoms with Crippen LogP contribution >= 0.6 is 0 Å². The maximum atomic E-state index is 5.33. The summed E-state index contributed by atoms with van der Waals surface area (Å²) < 4.78 is 0. The number of hydrogen-bond donors (Lipinski definition) is 0. The van der Waals surface area contributed by atoms with Crippen LogP contribution in [0.2, 0.25) is 0 Å². The van der Waals surface area contributed by atoms with Crippen molar-refractivity contribution in [1.29, 1.82) is 0 Å². The summed E-state index contributed by atoms with van der Waals surface area (Å²) >= 11 is 0. The smallest absolute Gasteiger partial charge is 0.160 e. The number of aromatic nitrogens is 2. The number of benzene rings is 10. The Morgan fingerprint density at radius 2 is 0.655 bits per heavy atom. The predicted molar refractivity (Wildman–Crippen MR) is 245 cm³/mol. The first-order valence-electron chi connectivity index (χ1n) is 19.9. The Labute approximate surface area is 335 Å². The maximum Gasteiger partial charge on any atom is 0.160 e. The lowest BCUT2D eigenvalue weighted by molar-refractivity contribution is 1.18. The van der Waals surface area contributed by atoms with Crippen LogP contribution in [-0.4, -0.2) is 9.97 Å². The van der Waals surface area contributed by atoms with Crippen LogP contribution in [0, 0.1) is 0 Å². The van der Waals surface area contributed by atoms with Crippen molar-refractivity contribution in [2.45, 2.75) is 0 Å². The topological polar surface area (TPSA) is 25.8 Å². The lowest BCUT2D eigenvalue weighted by atomic mass is 9.87. The standard InChI is InChI=1S/C56H34N2/c1-3-11-35(12-4-1)36-23-25-37(26-24-36)42-18-7-19-43(31-42)50-34-51(58-56(57-50)41-13-5-2-6-14-41)45-32-44-30-29-40-16-9-21-47-46-20-8-15-38-27-28-39-17-10-22-48(54(39)52(38)46)49(33-45)55(44)53(40)47/h1-34H. The Morgan fingerprint density at radius 1 is 0.224 bits per heavy atom. The van der Waals surface area contributed by atoms with Crippen LogP contribution in [-0.2, 0) is 0 Å². The third kappa shape index (κ3) is 5.19. The van der Waals surface area contributed by atoms with Gasteiger partial charge in [0.15, 0.2) is 5.82 Å². The highest BCUT2D eigenvalue weighted by Crippen LogP contribution is 2.44. The van der Waals surface area contributed by atoms with E-state index in [0.29, 0.717) is 5.82 Å². The summed E-state index contributed by atoms with van der Waals surface area (Å²) in [7, 11) is 0. The molecule has 0 fully saturated rings. The van der Waals surface area contributed by atoms with E-state index in [4.69, 9.17) is 9.97 Å². The monoisotopic (exact) mass is 734 g/mol. The van der Waals surface area contributed by atoms with Crippen LogP contribution in [0.25, 0.3) is 121 Å². The molecule has 0 saturated heterocycles. The molecule has 11 aromatic carbocycles. The van der Waals surface area contributed by atoms with E-state index in [0.717, 1.165) is 39.2 Å². The minimum absolute atomic E-state index is 0.704. The van der Waals surface area contributed by atoms with E-state index >= 15 is 0 Å². The molecule has 1 aromatic heterocycles. The maximum absolute atomic E-state index is 5.33. The van der Waals surface area contributed by atoms with Crippen LogP contribution in [0.3, 0.4) is 0 Å². The molecule has 0 radical (unpaired) electrons. The van der Waals surface area contributed by atoms with Crippen LogP contribution in [0.4, 0.5) is 0 Å². The summed E-state index contributed by atoms with van der Waals surface area (Å²) in [6.45, 7) is 0. The summed E-state index contributed by atoms with van der Waals surface area (Å²) in [5, 5.41) is 15.1. The first kappa shape index (κ1) is 32.6. The zero-order valence-corrected chi connectivity index (χ0v) is 31.5. The Kier molecular flexibility index (Phi) is 7.26. The molecule has 1 heterocycles. The summed E-state index contributed by atoms with van der Waals surface area (Å²) in [5.74, 6) is 0.704. The van der Waals surface area contributed by atoms with Gasteiger partial charge in [0.2, 0.25) is 0 Å². The first-order valence-corrected chi connectivity index (χ1v) is 19.9. The van der Waals surface area contributed by atoms with Crippen molar-refractivity contribution in [2.75, 3.05) is 0 Å². The second-order valence-corrected chi connectivity index (χ2v) is 15.3. The highest BCUT2D eigenvalue weighted by atomic mass is 14.9. The van der Waals surface area contributed by atoms with E-state index in [1.807, 2.05) is 6.07 Å². The van der Waals surface area contributed by atoms with Gasteiger partial charge in [-0.05, 0) is 111 Å². The SMILES string of the molecule is c1ccc(-c2ccc(-c3cccc(-c4cc(-c5cc6ccc7cccc8c9cccc%10ccc%11cccc(c(c5)c6c78)c%11c%109)nc(-c5ccccc5)n4)c3)cc2)cc1. The van der Waals surface area contributed by atoms with Gasteiger partial charge in [-0.2, -0.15) is 0 Å². The van der Waals surface area contributed by atoms with Crippen molar-refractivity contribution >= 4 is 64.6 Å². The van der Waals surface area contributed by atoms with Crippen LogP contribution in [0.1, 0.15) is 0 Å². The normalized spacial score (nSPS) is 11.8. The molecule has 0 saturated carbocycles. The average molecular weight is 735 g/mol. The Morgan fingerprint density at radius 3 is 1.26 bits per heavy atom. The van der Waals surface area contributed by atoms with Gasteiger partial charge in [0.25, 0.3) is 0 Å². The lowest BCUT2D eigenvalue weighted by Crippen LogP contribution is -1.96. The molecular weight excluding hydrogens is 701 g/mol. The second kappa shape index (κ2) is 12.9. The Hall–Kier alpha value is -7.68. The molecule has 0 spiro atoms. The molecular formula is C56H34N2. The van der Waals surface area contributed by atoms with Gasteiger partial charge < -0.3 is 0 Å². The molecule has 12 aromatic rings. The van der Waals surface area contributed by atoms with Gasteiger partial charge in [-0.25, -0.2) is 9.97 Å². The van der Waals surface area contributed by atoms with Gasteiger partial charge in [0.1, 0.15) is 0 Å². The molecule has 0 bridgehead atoms. The lowest BCUT2D eigenvalue weighted by Gasteiger charge is -2.17. The van der Waals surface area contributed by atoms with Gasteiger partial charge in [0.05, 0.1) is 11.4 Å². The van der Waals surface area contributed by atoms with Crippen LogP contribution in [0.15, 0.2) is 206 Å². The van der Waals surface area contributed by atoms with Gasteiger partial charge in [-0.3, -0.25) is 0 Å². The number of nitrogens with zero attached hydrogens (tertiary/aromatic N) is 2. The zero-order chi connectivity index (χ0) is 38.2. The number of hydrogen-bond acceptors (Lipinski definition) is 2. The summed E-state index contributed by atoms with van der Waals surface area (Å²) in [6.07, 6.45) is 0. The second-order valence-electron chi connectivity index (χ2n) is 15.3. The molecule has 0 aliphatic heterocycles. The molecule has 2 nitrogen and oxygen atoms in total. The molecule has 0 atom stereocenters. The minimum atomic E-state index is 0.704. The largest absolute Gasteiger partial charge is 0.228 e. The van der Waals surface area contributed by atoms with Crippen molar-refractivity contribution in [3.63, 3.8) is 0 Å². The fraction of sp³-hybridized carbons (Fsp3) is 0. The number of rotatable bonds is 5. The van der Waals surface area contributed by atoms with Gasteiger partial charge in [-0.1, -0.05) is 182 Å². The van der Waals surface area contributed by atoms with Gasteiger partial charge in [0, 0.05) is 16.7 Å². The van der Waals surface area contributed by atoms with E-state index in [-0.39, 0.29) is 0 Å². The number of fused-ring (bicyclic) bond motifs is 2. The molecule has 0 unspecified atom stereocenters. The van der Waals surface area contributed by atoms with Gasteiger partial charge >= 0.3 is 0 Å². The van der Waals surface area contributed by atoms with Crippen molar-refractivity contribution < 1.29 is 0 Å². The molecule has 0 N–H and O–H groups in total. The highest BCUT2D eigenvalue weighted by molar-refractivity contribution is 6.37. The average Bonchev–Trinajstić information content (AvgIpc) is 3.30. The minimum Gasteiger partial charge on any atom is -0.228 e. The fourth-order valence-electron chi connectivity index (χ4n) is 9.24. The van der Waals surface area contributed by atoms with Crippen LogP contribution in [0.5, 0.6) is 0 Å². The molecule has 0 amide bonds. The van der Waals surface area contributed by atoms with E-state index in [1.54, 1.807) is 0 Å². The Balaban J connectivity index is 1.10. The molecule has 0 aliphatic carbocycles. The first-order chi connectivity index (χ1) is 28.7. The molecule has 58 heavy (non-hydrogen) atoms. The third-order valence-corrected chi connectivity index (χ3v) is 12.0. The van der Waals surface area contributed by atoms with E-state index in [2.05, 4.69) is 200 Å². The van der Waals surface area contributed by atoms with Crippen molar-refractivity contribution in [1.82, 2.24) is 9.97 Å². The van der Waals surface area contributed by atoms with E-state index < -0.39 is 0 Å². The molecule has 12 rings (SSSR count). The molecule has 0 aliphatic rings. The zero-order valence-electron chi connectivity index (χ0n) is 31.5. The van der Waals surface area contributed by atoms with Crippen molar-refractivity contribution in [3.05, 3.63) is 206 Å². The van der Waals surface area contributed by atoms with Crippen LogP contribution < -0.4 is 0 Å². The molecule has 268 valence electrons. The highest BCUT2D eigenvalue weighted by Gasteiger charge is 2.18. The summed E-state index contributed by atoms with van der Waals surface area (Å²) in [5.41, 5.74) is 9.59. The van der Waals surface area contributed by atoms with Gasteiger partial charge in [-0.15, -0.1) is 0 Å². The van der Waals surface area contributed by atoms with Crippen molar-refractivity contribution in [3.8, 4) is 56.2 Å². The molecule has 2 heteroatoms. The predicted octanol–water partition coefficient (Wildman–Crippen LogP) is 15.2. The third-order valence-electron chi connectivity index (χ3n) is 12.0. The van der Waals surface area contributed by atoms with E-state index in [1.165, 1.54) is 75.8 Å². The summed E-state index contributed by atoms with van der Waals surface area (Å²) in [4.78, 5) is 10.6. The summed E-state index contributed by atoms with van der Waals surface area (Å²) in [6, 6.07) is 74.7. The van der Waals surface area contributed by atoms with E-state index in [9.17, 15) is 0 Å². The quantitative estimate of drug-likeness (QED) is 0.165. The fourth-order valence-corrected chi connectivity index (χ4v) is 9.24. The Bertz CT molecular complexity index is 3530. The van der Waals surface area contributed by atoms with Crippen molar-refractivity contribution in [2.24, 2.45) is 0 Å².